The first-order valence-corrected chi connectivity index (χ1v) is 6.32. The van der Waals surface area contributed by atoms with Gasteiger partial charge in [-0.15, -0.1) is 0 Å². The van der Waals surface area contributed by atoms with Crippen molar-refractivity contribution in [3.8, 4) is 5.75 Å². The molecule has 0 radical (unpaired) electrons. The van der Waals surface area contributed by atoms with Crippen LogP contribution in [-0.2, 0) is 4.79 Å². The highest BCUT2D eigenvalue weighted by molar-refractivity contribution is 5.89. The molecule has 1 aliphatic carbocycles. The fourth-order valence-electron chi connectivity index (χ4n) is 2.07. The van der Waals surface area contributed by atoms with Crippen LogP contribution in [0.25, 0.3) is 0 Å². The second kappa shape index (κ2) is 6.25. The lowest BCUT2D eigenvalue weighted by atomic mass is 10.1. The van der Waals surface area contributed by atoms with Crippen molar-refractivity contribution in [3.05, 3.63) is 36.2 Å². The number of amides is 2. The molecule has 0 saturated heterocycles. The van der Waals surface area contributed by atoms with Gasteiger partial charge in [0.25, 0.3) is 0 Å². The van der Waals surface area contributed by atoms with Crippen molar-refractivity contribution < 1.29 is 23.8 Å². The highest BCUT2D eigenvalue weighted by atomic mass is 19.1. The van der Waals surface area contributed by atoms with Crippen LogP contribution in [0.4, 0.5) is 14.9 Å². The molecule has 1 aliphatic rings. The minimum absolute atomic E-state index is 0.0870. The molecule has 0 bridgehead atoms. The van der Waals surface area contributed by atoms with Gasteiger partial charge in [0.05, 0.1) is 19.1 Å². The summed E-state index contributed by atoms with van der Waals surface area (Å²) in [5.74, 6) is -2.01. The summed E-state index contributed by atoms with van der Waals surface area (Å²) >= 11 is 0. The second-order valence-electron chi connectivity index (χ2n) is 4.62. The first kappa shape index (κ1) is 14.8. The quantitative estimate of drug-likeness (QED) is 0.741. The number of ether oxygens (including phenoxy) is 1. The third-order valence-corrected chi connectivity index (χ3v) is 3.13. The molecule has 7 heteroatoms. The van der Waals surface area contributed by atoms with Crippen molar-refractivity contribution in [1.29, 1.82) is 0 Å². The number of carbonyl (C=O) groups is 2. The molecule has 2 amide bonds. The number of nitrogens with one attached hydrogen (secondary N) is 2. The fraction of sp³-hybridized carbons (Fsp3) is 0.286. The van der Waals surface area contributed by atoms with E-state index in [0.29, 0.717) is 6.42 Å². The maximum Gasteiger partial charge on any atom is 0.319 e. The van der Waals surface area contributed by atoms with Crippen LogP contribution in [0.3, 0.4) is 0 Å². The summed E-state index contributed by atoms with van der Waals surface area (Å²) in [6, 6.07) is 3.17. The Morgan fingerprint density at radius 3 is 2.71 bits per heavy atom. The van der Waals surface area contributed by atoms with Crippen LogP contribution in [0.15, 0.2) is 30.4 Å². The molecule has 2 atom stereocenters. The lowest BCUT2D eigenvalue weighted by Gasteiger charge is -2.13. The Bertz CT molecular complexity index is 588. The van der Waals surface area contributed by atoms with Gasteiger partial charge >= 0.3 is 12.0 Å². The zero-order valence-corrected chi connectivity index (χ0v) is 11.3. The number of carboxylic acid groups (broad SMARTS) is 1. The van der Waals surface area contributed by atoms with Crippen LogP contribution in [0.5, 0.6) is 5.75 Å². The molecular formula is C14H15FN2O4. The van der Waals surface area contributed by atoms with Crippen molar-refractivity contribution in [2.75, 3.05) is 12.4 Å². The molecule has 0 saturated carbocycles. The van der Waals surface area contributed by atoms with Crippen LogP contribution in [0, 0.1) is 11.7 Å². The molecule has 0 fully saturated rings. The number of hydrogen-bond donors (Lipinski definition) is 3. The summed E-state index contributed by atoms with van der Waals surface area (Å²) in [6.45, 7) is 0. The molecule has 6 nitrogen and oxygen atoms in total. The standard InChI is InChI=1S/C14H15FN2O4/c1-21-12-5-4-10(7-11(12)15)17-14(20)16-9-3-2-8(6-9)13(18)19/h2-5,7-9H,6H2,1H3,(H,18,19)(H2,16,17,20). The number of benzene rings is 1. The number of aliphatic carboxylic acids is 1. The third kappa shape index (κ3) is 3.71. The van der Waals surface area contributed by atoms with Gasteiger partial charge < -0.3 is 20.5 Å². The van der Waals surface area contributed by atoms with Gasteiger partial charge in [-0.25, -0.2) is 9.18 Å². The molecule has 0 aromatic heterocycles. The third-order valence-electron chi connectivity index (χ3n) is 3.13. The minimum Gasteiger partial charge on any atom is -0.494 e. The number of carbonyl (C=O) groups excluding carboxylic acids is 1. The number of anilines is 1. The Morgan fingerprint density at radius 1 is 1.38 bits per heavy atom. The highest BCUT2D eigenvalue weighted by Gasteiger charge is 2.25. The van der Waals surface area contributed by atoms with Gasteiger partial charge in [-0.3, -0.25) is 4.79 Å². The maximum atomic E-state index is 13.5. The number of rotatable bonds is 4. The Labute approximate surface area is 120 Å². The number of halogens is 1. The van der Waals surface area contributed by atoms with E-state index < -0.39 is 23.7 Å². The summed E-state index contributed by atoms with van der Waals surface area (Å²) in [5, 5.41) is 13.9. The Kier molecular flexibility index (Phi) is 4.42. The van der Waals surface area contributed by atoms with Gasteiger partial charge in [-0.1, -0.05) is 12.2 Å². The van der Waals surface area contributed by atoms with Crippen molar-refractivity contribution in [2.45, 2.75) is 12.5 Å². The van der Waals surface area contributed by atoms with Gasteiger partial charge in [-0.2, -0.15) is 0 Å². The molecule has 21 heavy (non-hydrogen) atoms. The van der Waals surface area contributed by atoms with E-state index in [4.69, 9.17) is 9.84 Å². The predicted molar refractivity (Wildman–Crippen MR) is 73.8 cm³/mol. The Morgan fingerprint density at radius 2 is 2.14 bits per heavy atom. The molecule has 0 spiro atoms. The average Bonchev–Trinajstić information content (AvgIpc) is 2.87. The van der Waals surface area contributed by atoms with Crippen molar-refractivity contribution >= 4 is 17.7 Å². The smallest absolute Gasteiger partial charge is 0.319 e. The second-order valence-corrected chi connectivity index (χ2v) is 4.62. The summed E-state index contributed by atoms with van der Waals surface area (Å²) < 4.78 is 18.3. The van der Waals surface area contributed by atoms with Crippen molar-refractivity contribution in [3.63, 3.8) is 0 Å². The van der Waals surface area contributed by atoms with Crippen LogP contribution >= 0.6 is 0 Å². The molecule has 0 heterocycles. The first-order valence-electron chi connectivity index (χ1n) is 6.32. The van der Waals surface area contributed by atoms with Gasteiger partial charge in [0.15, 0.2) is 11.6 Å². The molecule has 112 valence electrons. The number of urea groups is 1. The van der Waals surface area contributed by atoms with E-state index in [1.54, 1.807) is 12.2 Å². The van der Waals surface area contributed by atoms with Crippen LogP contribution in [0.2, 0.25) is 0 Å². The van der Waals surface area contributed by atoms with Crippen LogP contribution in [0.1, 0.15) is 6.42 Å². The van der Waals surface area contributed by atoms with E-state index in [2.05, 4.69) is 10.6 Å². The van der Waals surface area contributed by atoms with E-state index in [0.717, 1.165) is 6.07 Å². The van der Waals surface area contributed by atoms with Crippen molar-refractivity contribution in [1.82, 2.24) is 5.32 Å². The monoisotopic (exact) mass is 294 g/mol. The van der Waals surface area contributed by atoms with E-state index in [1.165, 1.54) is 19.2 Å². The van der Waals surface area contributed by atoms with Gasteiger partial charge in [-0.05, 0) is 18.6 Å². The lowest BCUT2D eigenvalue weighted by Crippen LogP contribution is -2.36. The average molecular weight is 294 g/mol. The van der Waals surface area contributed by atoms with E-state index in [1.807, 2.05) is 0 Å². The molecule has 2 unspecified atom stereocenters. The summed E-state index contributed by atoms with van der Waals surface area (Å²) in [7, 11) is 1.35. The van der Waals surface area contributed by atoms with Gasteiger partial charge in [0.1, 0.15) is 0 Å². The molecule has 1 aromatic carbocycles. The summed E-state index contributed by atoms with van der Waals surface area (Å²) in [5.41, 5.74) is 0.280. The van der Waals surface area contributed by atoms with Gasteiger partial charge in [0.2, 0.25) is 0 Å². The number of methoxy groups -OCH3 is 1. The SMILES string of the molecule is COc1ccc(NC(=O)NC2C=CC(C(=O)O)C2)cc1F. The number of hydrogen-bond acceptors (Lipinski definition) is 3. The Hall–Kier alpha value is -2.57. The first-order chi connectivity index (χ1) is 9.99. The fourth-order valence-corrected chi connectivity index (χ4v) is 2.07. The van der Waals surface area contributed by atoms with Crippen molar-refractivity contribution in [2.24, 2.45) is 5.92 Å². The van der Waals surface area contributed by atoms with Crippen LogP contribution in [-0.4, -0.2) is 30.3 Å². The lowest BCUT2D eigenvalue weighted by molar-refractivity contribution is -0.140. The van der Waals surface area contributed by atoms with E-state index in [-0.39, 0.29) is 17.5 Å². The van der Waals surface area contributed by atoms with Gasteiger partial charge in [0, 0.05) is 11.8 Å². The molecular weight excluding hydrogens is 279 g/mol. The molecule has 3 N–H and O–H groups in total. The zero-order chi connectivity index (χ0) is 15.4. The van der Waals surface area contributed by atoms with E-state index >= 15 is 0 Å². The molecule has 1 aromatic rings. The predicted octanol–water partition coefficient (Wildman–Crippen LogP) is 1.99. The topological polar surface area (TPSA) is 87.7 Å². The normalized spacial score (nSPS) is 20.1. The molecule has 2 rings (SSSR count). The largest absolute Gasteiger partial charge is 0.494 e. The minimum atomic E-state index is -0.923. The van der Waals surface area contributed by atoms with Crippen LogP contribution < -0.4 is 15.4 Å². The molecule has 0 aliphatic heterocycles. The van der Waals surface area contributed by atoms with E-state index in [9.17, 15) is 14.0 Å². The summed E-state index contributed by atoms with van der Waals surface area (Å²) in [6.07, 6.45) is 3.48. The maximum absolute atomic E-state index is 13.5. The highest BCUT2D eigenvalue weighted by Crippen LogP contribution is 2.21. The summed E-state index contributed by atoms with van der Waals surface area (Å²) in [4.78, 5) is 22.5. The number of carboxylic acids is 1. The zero-order valence-electron chi connectivity index (χ0n) is 11.3. The Balaban J connectivity index is 1.89.